The van der Waals surface area contributed by atoms with Crippen molar-refractivity contribution in [1.29, 1.82) is 0 Å². The van der Waals surface area contributed by atoms with Crippen LogP contribution in [0, 0.1) is 0 Å². The second-order valence-electron chi connectivity index (χ2n) is 5.55. The van der Waals surface area contributed by atoms with E-state index in [1.54, 1.807) is 4.88 Å². The Morgan fingerprint density at radius 1 is 1.10 bits per heavy atom. The number of hydrogen-bond donors (Lipinski definition) is 0. The smallest absolute Gasteiger partial charge is 0.0928 e. The molecule has 1 aliphatic carbocycles. The third-order valence-electron chi connectivity index (χ3n) is 4.30. The van der Waals surface area contributed by atoms with E-state index in [0.717, 1.165) is 12.8 Å². The molecule has 0 bridgehead atoms. The molecule has 3 rings (SSSR count). The molecular weight excluding hydrogens is 284 g/mol. The molecule has 1 heterocycles. The van der Waals surface area contributed by atoms with Crippen LogP contribution in [0.5, 0.6) is 0 Å². The van der Waals surface area contributed by atoms with E-state index < -0.39 is 0 Å². The van der Waals surface area contributed by atoms with Crippen molar-refractivity contribution in [2.75, 3.05) is 0 Å². The van der Waals surface area contributed by atoms with Crippen LogP contribution in [0.25, 0.3) is 0 Å². The molecule has 0 N–H and O–H groups in total. The first-order valence-corrected chi connectivity index (χ1v) is 8.85. The zero-order chi connectivity index (χ0) is 14.1. The van der Waals surface area contributed by atoms with Crippen molar-refractivity contribution >= 4 is 22.9 Å². The van der Waals surface area contributed by atoms with Crippen LogP contribution in [0.3, 0.4) is 0 Å². The van der Waals surface area contributed by atoms with Crippen LogP contribution in [0.2, 0.25) is 0 Å². The molecule has 106 valence electrons. The highest BCUT2D eigenvalue weighted by Crippen LogP contribution is 2.39. The Kier molecular flexibility index (Phi) is 4.18. The van der Waals surface area contributed by atoms with Gasteiger partial charge in [0.25, 0.3) is 0 Å². The Morgan fingerprint density at radius 3 is 2.60 bits per heavy atom. The molecule has 20 heavy (non-hydrogen) atoms. The van der Waals surface area contributed by atoms with Gasteiger partial charge in [-0.2, -0.15) is 0 Å². The van der Waals surface area contributed by atoms with Gasteiger partial charge >= 0.3 is 0 Å². The van der Waals surface area contributed by atoms with Crippen LogP contribution in [0.15, 0.2) is 24.3 Å². The van der Waals surface area contributed by atoms with Crippen LogP contribution < -0.4 is 0 Å². The zero-order valence-electron chi connectivity index (χ0n) is 12.2. The van der Waals surface area contributed by atoms with E-state index in [0.29, 0.717) is 0 Å². The molecule has 0 nitrogen and oxygen atoms in total. The van der Waals surface area contributed by atoms with Gasteiger partial charge in [0.2, 0.25) is 0 Å². The van der Waals surface area contributed by atoms with Gasteiger partial charge in [-0.1, -0.05) is 32.0 Å². The summed E-state index contributed by atoms with van der Waals surface area (Å²) in [7, 11) is 0. The van der Waals surface area contributed by atoms with Crippen LogP contribution in [-0.4, -0.2) is 0 Å². The molecule has 0 saturated heterocycles. The SMILES string of the molecule is CCc1ccc(C(Cl)c2cc3c(s2)CCC3)cc1CC. The molecule has 0 radical (unpaired) electrons. The molecule has 1 aliphatic rings. The van der Waals surface area contributed by atoms with E-state index in [-0.39, 0.29) is 5.38 Å². The van der Waals surface area contributed by atoms with Crippen molar-refractivity contribution in [3.05, 3.63) is 56.3 Å². The standard InChI is InChI=1S/C18H21ClS/c1-3-12-8-9-15(10-13(12)4-2)18(19)17-11-14-6-5-7-16(14)20-17/h8-11,18H,3-7H2,1-2H3. The molecule has 1 aromatic carbocycles. The Hall–Kier alpha value is -0.790. The molecule has 2 heteroatoms. The van der Waals surface area contributed by atoms with Gasteiger partial charge in [0.05, 0.1) is 5.38 Å². The molecule has 1 unspecified atom stereocenters. The number of alkyl halides is 1. The van der Waals surface area contributed by atoms with E-state index in [9.17, 15) is 0 Å². The molecule has 1 atom stereocenters. The first kappa shape index (κ1) is 14.2. The number of halogens is 1. The summed E-state index contributed by atoms with van der Waals surface area (Å²) in [6, 6.07) is 9.11. The lowest BCUT2D eigenvalue weighted by molar-refractivity contribution is 0.913. The fourth-order valence-electron chi connectivity index (χ4n) is 3.12. The maximum absolute atomic E-state index is 6.73. The predicted octanol–water partition coefficient (Wildman–Crippen LogP) is 5.69. The van der Waals surface area contributed by atoms with Crippen LogP contribution in [0.1, 0.15) is 57.7 Å². The van der Waals surface area contributed by atoms with E-state index in [1.807, 2.05) is 11.3 Å². The highest BCUT2D eigenvalue weighted by Gasteiger charge is 2.20. The summed E-state index contributed by atoms with van der Waals surface area (Å²) >= 11 is 8.65. The summed E-state index contributed by atoms with van der Waals surface area (Å²) in [5.41, 5.74) is 5.69. The van der Waals surface area contributed by atoms with Gasteiger partial charge in [-0.25, -0.2) is 0 Å². The van der Waals surface area contributed by atoms with E-state index >= 15 is 0 Å². The molecule has 2 aromatic rings. The first-order chi connectivity index (χ1) is 9.72. The quantitative estimate of drug-likeness (QED) is 0.637. The monoisotopic (exact) mass is 304 g/mol. The van der Waals surface area contributed by atoms with Gasteiger partial charge < -0.3 is 0 Å². The third-order valence-corrected chi connectivity index (χ3v) is 6.22. The number of aryl methyl sites for hydroxylation is 4. The number of thiophene rings is 1. The van der Waals surface area contributed by atoms with Gasteiger partial charge in [0.15, 0.2) is 0 Å². The van der Waals surface area contributed by atoms with Gasteiger partial charge in [0.1, 0.15) is 0 Å². The zero-order valence-corrected chi connectivity index (χ0v) is 13.8. The molecule has 0 amide bonds. The van der Waals surface area contributed by atoms with Crippen molar-refractivity contribution in [3.8, 4) is 0 Å². The normalized spacial score (nSPS) is 15.3. The average molecular weight is 305 g/mol. The van der Waals surface area contributed by atoms with Crippen LogP contribution in [0.4, 0.5) is 0 Å². The molecule has 0 saturated carbocycles. The van der Waals surface area contributed by atoms with Crippen molar-refractivity contribution in [3.63, 3.8) is 0 Å². The van der Waals surface area contributed by atoms with Crippen molar-refractivity contribution in [2.24, 2.45) is 0 Å². The second-order valence-corrected chi connectivity index (χ2v) is 7.15. The van der Waals surface area contributed by atoms with Gasteiger partial charge in [-0.15, -0.1) is 22.9 Å². The molecule has 0 spiro atoms. The predicted molar refractivity (Wildman–Crippen MR) is 89.2 cm³/mol. The molecule has 0 aliphatic heterocycles. The lowest BCUT2D eigenvalue weighted by Gasteiger charge is -2.12. The minimum absolute atomic E-state index is 0.0156. The third kappa shape index (κ3) is 2.54. The van der Waals surface area contributed by atoms with E-state index in [4.69, 9.17) is 11.6 Å². The van der Waals surface area contributed by atoms with Gasteiger partial charge in [-0.3, -0.25) is 0 Å². The highest BCUT2D eigenvalue weighted by molar-refractivity contribution is 7.12. The number of fused-ring (bicyclic) bond motifs is 1. The number of hydrogen-bond acceptors (Lipinski definition) is 1. The highest BCUT2D eigenvalue weighted by atomic mass is 35.5. The van der Waals surface area contributed by atoms with Crippen molar-refractivity contribution < 1.29 is 0 Å². The summed E-state index contributed by atoms with van der Waals surface area (Å²) in [4.78, 5) is 2.88. The lowest BCUT2D eigenvalue weighted by Crippen LogP contribution is -1.96. The van der Waals surface area contributed by atoms with Crippen LogP contribution in [-0.2, 0) is 25.7 Å². The van der Waals surface area contributed by atoms with E-state index in [1.165, 1.54) is 46.4 Å². The molecular formula is C18H21ClS. The summed E-state index contributed by atoms with van der Waals surface area (Å²) in [6.07, 6.45) is 5.99. The fraction of sp³-hybridized carbons (Fsp3) is 0.444. The average Bonchev–Trinajstić information content (AvgIpc) is 3.06. The second kappa shape index (κ2) is 5.91. The largest absolute Gasteiger partial charge is 0.143 e. The minimum atomic E-state index is 0.0156. The van der Waals surface area contributed by atoms with Crippen molar-refractivity contribution in [1.82, 2.24) is 0 Å². The first-order valence-electron chi connectivity index (χ1n) is 7.60. The Balaban J connectivity index is 1.91. The van der Waals surface area contributed by atoms with Gasteiger partial charge in [-0.05, 0) is 60.4 Å². The van der Waals surface area contributed by atoms with Gasteiger partial charge in [0, 0.05) is 9.75 Å². The Labute approximate surface area is 130 Å². The summed E-state index contributed by atoms with van der Waals surface area (Å²) in [5.74, 6) is 0. The summed E-state index contributed by atoms with van der Waals surface area (Å²) in [5, 5.41) is 0.0156. The Bertz CT molecular complexity index is 590. The number of rotatable bonds is 4. The fourth-order valence-corrected chi connectivity index (χ4v) is 4.71. The maximum Gasteiger partial charge on any atom is 0.0928 e. The topological polar surface area (TPSA) is 0 Å². The minimum Gasteiger partial charge on any atom is -0.143 e. The molecule has 0 fully saturated rings. The summed E-state index contributed by atoms with van der Waals surface area (Å²) < 4.78 is 0. The van der Waals surface area contributed by atoms with E-state index in [2.05, 4.69) is 38.1 Å². The Morgan fingerprint density at radius 2 is 1.90 bits per heavy atom. The maximum atomic E-state index is 6.73. The van der Waals surface area contributed by atoms with Crippen LogP contribution >= 0.6 is 22.9 Å². The molecule has 1 aromatic heterocycles. The lowest BCUT2D eigenvalue weighted by atomic mass is 9.98. The number of benzene rings is 1. The summed E-state index contributed by atoms with van der Waals surface area (Å²) in [6.45, 7) is 4.44. The van der Waals surface area contributed by atoms with Crippen molar-refractivity contribution in [2.45, 2.75) is 51.3 Å².